The second-order valence-corrected chi connectivity index (χ2v) is 39.8. The summed E-state index contributed by atoms with van der Waals surface area (Å²) < 4.78 is 2.60. The molecule has 0 saturated carbocycles. The van der Waals surface area contributed by atoms with Crippen molar-refractivity contribution >= 4 is 137 Å². The summed E-state index contributed by atoms with van der Waals surface area (Å²) >= 11 is 0. The van der Waals surface area contributed by atoms with Crippen LogP contribution < -0.4 is 67.7 Å². The molecule has 0 N–H and O–H groups in total. The van der Waals surface area contributed by atoms with E-state index in [4.69, 9.17) is 0 Å². The Morgan fingerprint density at radius 1 is 0.240 bits per heavy atom. The molecule has 0 amide bonds. The standard InChI is InChI=1S/C94H88BN3Si2/c1-91(2,3)65-46-51-69(52-47-65)96-87-57-53-79(100(75-39-25-16-26-40-75,76-41-27-17-28-42-76)77-43-29-18-30-44-77)64-83(87)95-82-60-68(94(10,11)12)50-56-86(82)97(70-32-31-45-78(61-70)99(72-33-19-13-20-34-72,73-35-21-14-22-36-73)74-37-23-15-24-38-74)89-63-71(62-88(96)90(89)95)98-84-54-48-66(92(4,5)6)58-80(84)81-59-67(93(7,8)9)49-55-85(81)98/h13-64H,1-12H3. The lowest BCUT2D eigenvalue weighted by Crippen LogP contribution is -2.75. The minimum atomic E-state index is -3.08. The maximum atomic E-state index is 2.69. The molecule has 3 heterocycles. The van der Waals surface area contributed by atoms with E-state index in [1.807, 2.05) is 0 Å². The van der Waals surface area contributed by atoms with Gasteiger partial charge in [0, 0.05) is 44.9 Å². The monoisotopic (exact) mass is 1330 g/mol. The highest BCUT2D eigenvalue weighted by Crippen LogP contribution is 2.48. The van der Waals surface area contributed by atoms with Gasteiger partial charge in [0.2, 0.25) is 0 Å². The normalized spacial score (nSPS) is 13.3. The van der Waals surface area contributed by atoms with E-state index >= 15 is 0 Å². The second-order valence-electron chi connectivity index (χ2n) is 32.1. The van der Waals surface area contributed by atoms with Gasteiger partial charge in [0.15, 0.2) is 16.1 Å². The summed E-state index contributed by atoms with van der Waals surface area (Å²) in [4.78, 5) is 5.33. The highest BCUT2D eigenvalue weighted by atomic mass is 28.3. The molecule has 0 unspecified atom stereocenters. The van der Waals surface area contributed by atoms with Crippen molar-refractivity contribution in [3.8, 4) is 5.69 Å². The predicted molar refractivity (Wildman–Crippen MR) is 437 cm³/mol. The van der Waals surface area contributed by atoms with Gasteiger partial charge in [0.05, 0.1) is 16.7 Å². The molecule has 0 radical (unpaired) electrons. The van der Waals surface area contributed by atoms with Gasteiger partial charge in [0.25, 0.3) is 6.71 Å². The summed E-state index contributed by atoms with van der Waals surface area (Å²) in [5.41, 5.74) is 19.2. The third kappa shape index (κ3) is 10.6. The van der Waals surface area contributed by atoms with E-state index in [-0.39, 0.29) is 28.4 Å². The van der Waals surface area contributed by atoms with E-state index in [9.17, 15) is 0 Å². The number of hydrogen-bond donors (Lipinski definition) is 0. The van der Waals surface area contributed by atoms with Crippen LogP contribution >= 0.6 is 0 Å². The Kier molecular flexibility index (Phi) is 15.7. The van der Waals surface area contributed by atoms with Crippen molar-refractivity contribution in [2.24, 2.45) is 0 Å². The maximum absolute atomic E-state index is 3.08. The van der Waals surface area contributed by atoms with Crippen molar-refractivity contribution in [1.82, 2.24) is 4.57 Å². The number of nitrogens with zero attached hydrogens (tertiary/aromatic N) is 3. The number of fused-ring (bicyclic) bond motifs is 7. The zero-order valence-corrected chi connectivity index (χ0v) is 61.9. The Bertz CT molecular complexity index is 5130. The number of hydrogen-bond acceptors (Lipinski definition) is 2. The lowest BCUT2D eigenvalue weighted by atomic mass is 9.33. The van der Waals surface area contributed by atoms with Crippen LogP contribution in [0.4, 0.5) is 34.1 Å². The van der Waals surface area contributed by atoms with E-state index in [0.717, 1.165) is 22.7 Å². The highest BCUT2D eigenvalue weighted by molar-refractivity contribution is 7.20. The Labute approximate surface area is 595 Å². The quantitative estimate of drug-likeness (QED) is 0.0944. The summed E-state index contributed by atoms with van der Waals surface area (Å²) in [5.74, 6) is 0. The predicted octanol–water partition coefficient (Wildman–Crippen LogP) is 16.8. The van der Waals surface area contributed by atoms with Gasteiger partial charge in [-0.1, -0.05) is 326 Å². The van der Waals surface area contributed by atoms with Crippen LogP contribution in [0.15, 0.2) is 315 Å². The minimum absolute atomic E-state index is 0.0561. The van der Waals surface area contributed by atoms with Crippen molar-refractivity contribution in [2.45, 2.75) is 105 Å². The first-order valence-electron chi connectivity index (χ1n) is 35.8. The van der Waals surface area contributed by atoms with Crippen molar-refractivity contribution in [3.63, 3.8) is 0 Å². The van der Waals surface area contributed by atoms with Gasteiger partial charge in [-0.25, -0.2) is 0 Å². The fraction of sp³-hybridized carbons (Fsp3) is 0.170. The second kappa shape index (κ2) is 24.3. The molecule has 0 spiro atoms. The van der Waals surface area contributed by atoms with E-state index in [0.29, 0.717) is 0 Å². The Hall–Kier alpha value is -10.2. The fourth-order valence-corrected chi connectivity index (χ4v) is 26.3. The Morgan fingerprint density at radius 3 is 0.970 bits per heavy atom. The van der Waals surface area contributed by atoms with Gasteiger partial charge in [-0.3, -0.25) is 0 Å². The van der Waals surface area contributed by atoms with E-state index < -0.39 is 16.1 Å². The average molecular weight is 1330 g/mol. The van der Waals surface area contributed by atoms with E-state index in [1.165, 1.54) is 119 Å². The van der Waals surface area contributed by atoms with E-state index in [1.54, 1.807) is 0 Å². The molecule has 2 aliphatic heterocycles. The van der Waals surface area contributed by atoms with Crippen LogP contribution in [0.5, 0.6) is 0 Å². The highest BCUT2D eigenvalue weighted by Gasteiger charge is 2.49. The molecule has 1 aromatic heterocycles. The SMILES string of the molecule is CC(C)(C)c1ccc(N2c3ccc([Si](c4ccccc4)(c4ccccc4)c4ccccc4)cc3B3c4cc(C(C)(C)C)ccc4N(c4cccc([Si](c5ccccc5)(c5ccccc5)c5ccccc5)c4)c4cc(-n5c6ccc(C(C)(C)C)cc6c6cc(C(C)(C)C)ccc65)cc2c43)cc1. The van der Waals surface area contributed by atoms with Gasteiger partial charge in [-0.15, -0.1) is 0 Å². The molecule has 100 heavy (non-hydrogen) atoms. The summed E-state index contributed by atoms with van der Waals surface area (Å²) in [6.45, 7) is 28.0. The Morgan fingerprint density at radius 2 is 0.570 bits per heavy atom. The van der Waals surface area contributed by atoms with Crippen molar-refractivity contribution in [2.75, 3.05) is 9.80 Å². The van der Waals surface area contributed by atoms with E-state index in [2.05, 4.69) is 413 Å². The molecule has 2 aliphatic rings. The molecule has 0 aliphatic carbocycles. The average Bonchev–Trinajstić information content (AvgIpc) is 0.875. The molecule has 6 heteroatoms. The first-order chi connectivity index (χ1) is 48.1. The van der Waals surface area contributed by atoms with Crippen LogP contribution in [0.1, 0.15) is 105 Å². The van der Waals surface area contributed by atoms with Crippen LogP contribution in [0.2, 0.25) is 0 Å². The van der Waals surface area contributed by atoms with Gasteiger partial charge >= 0.3 is 0 Å². The van der Waals surface area contributed by atoms with Gasteiger partial charge in [-0.05, 0) is 175 Å². The van der Waals surface area contributed by atoms with Crippen LogP contribution in [-0.2, 0) is 21.7 Å². The third-order valence-corrected chi connectivity index (χ3v) is 31.4. The van der Waals surface area contributed by atoms with Crippen LogP contribution in [0.3, 0.4) is 0 Å². The lowest BCUT2D eigenvalue weighted by molar-refractivity contribution is 0.590. The zero-order chi connectivity index (χ0) is 69.1. The Balaban J connectivity index is 1.07. The zero-order valence-electron chi connectivity index (χ0n) is 59.9. The van der Waals surface area contributed by atoms with Gasteiger partial charge < -0.3 is 14.4 Å². The maximum Gasteiger partial charge on any atom is 0.252 e. The third-order valence-electron chi connectivity index (χ3n) is 21.9. The number of benzene rings is 13. The van der Waals surface area contributed by atoms with Crippen LogP contribution in [0, 0.1) is 0 Å². The van der Waals surface area contributed by atoms with Crippen molar-refractivity contribution < 1.29 is 0 Å². The molecular weight excluding hydrogens is 1240 g/mol. The van der Waals surface area contributed by atoms with Crippen LogP contribution in [0.25, 0.3) is 27.5 Å². The first-order valence-corrected chi connectivity index (χ1v) is 39.8. The number of anilines is 6. The molecule has 0 saturated heterocycles. The molecular formula is C94H88BN3Si2. The first kappa shape index (κ1) is 64.4. The largest absolute Gasteiger partial charge is 0.311 e. The van der Waals surface area contributed by atoms with Gasteiger partial charge in [0.1, 0.15) is 0 Å². The summed E-state index contributed by atoms with van der Waals surface area (Å²) in [5, 5.41) is 13.3. The minimum Gasteiger partial charge on any atom is -0.311 e. The lowest BCUT2D eigenvalue weighted by Gasteiger charge is -2.45. The summed E-state index contributed by atoms with van der Waals surface area (Å²) in [7, 11) is -6.13. The molecule has 16 rings (SSSR count). The molecule has 490 valence electrons. The molecule has 0 atom stereocenters. The molecule has 0 bridgehead atoms. The molecule has 3 nitrogen and oxygen atoms in total. The van der Waals surface area contributed by atoms with Gasteiger partial charge in [-0.2, -0.15) is 0 Å². The smallest absolute Gasteiger partial charge is 0.252 e. The van der Waals surface area contributed by atoms with Crippen molar-refractivity contribution in [3.05, 3.63) is 338 Å². The van der Waals surface area contributed by atoms with Crippen molar-refractivity contribution in [1.29, 1.82) is 0 Å². The summed E-state index contributed by atoms with van der Waals surface area (Å²) in [6.07, 6.45) is 0. The van der Waals surface area contributed by atoms with Crippen LogP contribution in [-0.4, -0.2) is 27.4 Å². The number of rotatable bonds is 11. The molecule has 13 aromatic carbocycles. The number of aromatic nitrogens is 1. The fourth-order valence-electron chi connectivity index (χ4n) is 16.7. The molecule has 14 aromatic rings. The summed E-state index contributed by atoms with van der Waals surface area (Å²) in [6, 6.07) is 123. The topological polar surface area (TPSA) is 11.4 Å². The molecule has 0 fully saturated rings.